The van der Waals surface area contributed by atoms with Crippen LogP contribution in [0.5, 0.6) is 5.75 Å². The van der Waals surface area contributed by atoms with Crippen molar-refractivity contribution in [3.63, 3.8) is 0 Å². The molecule has 1 saturated carbocycles. The zero-order valence-electron chi connectivity index (χ0n) is 16.8. The van der Waals surface area contributed by atoms with Crippen molar-refractivity contribution in [2.24, 2.45) is 5.92 Å². The van der Waals surface area contributed by atoms with Crippen LogP contribution in [0, 0.1) is 12.8 Å². The second-order valence-corrected chi connectivity index (χ2v) is 7.82. The molecular weight excluding hydrogens is 372 g/mol. The van der Waals surface area contributed by atoms with Gasteiger partial charge in [-0.15, -0.1) is 0 Å². The van der Waals surface area contributed by atoms with E-state index in [0.29, 0.717) is 28.9 Å². The summed E-state index contributed by atoms with van der Waals surface area (Å²) >= 11 is 0. The van der Waals surface area contributed by atoms with Crippen molar-refractivity contribution in [2.75, 3.05) is 13.1 Å². The van der Waals surface area contributed by atoms with E-state index in [1.54, 1.807) is 32.0 Å². The molecular formula is C21H26N4O4. The molecule has 29 heavy (non-hydrogen) atoms. The number of nitrogens with zero attached hydrogens (tertiary/aromatic N) is 3. The van der Waals surface area contributed by atoms with Gasteiger partial charge in [-0.2, -0.15) is 4.98 Å². The first kappa shape index (κ1) is 19.4. The SMILES string of the molecule is Cc1noc(C(C)NC(=O)c2cccc(OC3CCN(C(=O)C4CC4)CC3)c2)n1. The molecule has 4 rings (SSSR count). The van der Waals surface area contributed by atoms with Crippen LogP contribution in [0.4, 0.5) is 0 Å². The Morgan fingerprint density at radius 3 is 2.66 bits per heavy atom. The van der Waals surface area contributed by atoms with Crippen LogP contribution < -0.4 is 10.1 Å². The summed E-state index contributed by atoms with van der Waals surface area (Å²) in [7, 11) is 0. The molecule has 0 bridgehead atoms. The summed E-state index contributed by atoms with van der Waals surface area (Å²) in [6.45, 7) is 5.00. The number of hydrogen-bond donors (Lipinski definition) is 1. The van der Waals surface area contributed by atoms with Crippen molar-refractivity contribution in [1.82, 2.24) is 20.4 Å². The highest BCUT2D eigenvalue weighted by Gasteiger charge is 2.35. The molecule has 1 aromatic heterocycles. The highest BCUT2D eigenvalue weighted by Crippen LogP contribution is 2.32. The molecule has 2 aliphatic rings. The number of piperidine rings is 1. The Balaban J connectivity index is 1.31. The molecule has 0 spiro atoms. The summed E-state index contributed by atoms with van der Waals surface area (Å²) in [5, 5.41) is 6.60. The van der Waals surface area contributed by atoms with Crippen molar-refractivity contribution in [2.45, 2.75) is 51.7 Å². The van der Waals surface area contributed by atoms with Crippen molar-refractivity contribution in [3.8, 4) is 5.75 Å². The van der Waals surface area contributed by atoms with Gasteiger partial charge in [0.25, 0.3) is 5.91 Å². The number of benzene rings is 1. The summed E-state index contributed by atoms with van der Waals surface area (Å²) in [5.74, 6) is 1.89. The fraction of sp³-hybridized carbons (Fsp3) is 0.524. The highest BCUT2D eigenvalue weighted by atomic mass is 16.5. The monoisotopic (exact) mass is 398 g/mol. The molecule has 1 atom stereocenters. The maximum absolute atomic E-state index is 12.6. The first-order valence-corrected chi connectivity index (χ1v) is 10.2. The number of aromatic nitrogens is 2. The quantitative estimate of drug-likeness (QED) is 0.803. The zero-order valence-corrected chi connectivity index (χ0v) is 16.8. The predicted octanol–water partition coefficient (Wildman–Crippen LogP) is 2.65. The van der Waals surface area contributed by atoms with E-state index in [1.165, 1.54) is 0 Å². The van der Waals surface area contributed by atoms with Gasteiger partial charge in [-0.05, 0) is 44.9 Å². The zero-order chi connectivity index (χ0) is 20.4. The van der Waals surface area contributed by atoms with Crippen LogP contribution in [0.25, 0.3) is 0 Å². The second kappa shape index (κ2) is 8.23. The van der Waals surface area contributed by atoms with Crippen molar-refractivity contribution >= 4 is 11.8 Å². The van der Waals surface area contributed by atoms with Crippen molar-refractivity contribution in [3.05, 3.63) is 41.5 Å². The Labute approximate surface area is 169 Å². The van der Waals surface area contributed by atoms with Crippen LogP contribution in [0.3, 0.4) is 0 Å². The first-order valence-electron chi connectivity index (χ1n) is 10.2. The Kier molecular flexibility index (Phi) is 5.51. The minimum absolute atomic E-state index is 0.0526. The van der Waals surface area contributed by atoms with Crippen molar-refractivity contribution in [1.29, 1.82) is 0 Å². The van der Waals surface area contributed by atoms with Gasteiger partial charge in [0.15, 0.2) is 5.82 Å². The lowest BCUT2D eigenvalue weighted by molar-refractivity contribution is -0.134. The molecule has 1 N–H and O–H groups in total. The van der Waals surface area contributed by atoms with E-state index in [9.17, 15) is 9.59 Å². The number of likely N-dealkylation sites (tertiary alicyclic amines) is 1. The molecule has 2 amide bonds. The van der Waals surface area contributed by atoms with E-state index in [2.05, 4.69) is 15.5 Å². The van der Waals surface area contributed by atoms with Gasteiger partial charge in [0.2, 0.25) is 11.8 Å². The Morgan fingerprint density at radius 1 is 1.24 bits per heavy atom. The summed E-state index contributed by atoms with van der Waals surface area (Å²) in [6.07, 6.45) is 3.74. The molecule has 1 aliphatic carbocycles. The van der Waals surface area contributed by atoms with Gasteiger partial charge < -0.3 is 19.5 Å². The number of carbonyl (C=O) groups excluding carboxylic acids is 2. The maximum Gasteiger partial charge on any atom is 0.252 e. The fourth-order valence-electron chi connectivity index (χ4n) is 3.52. The average Bonchev–Trinajstić information content (AvgIpc) is 3.48. The van der Waals surface area contributed by atoms with E-state index >= 15 is 0 Å². The molecule has 2 heterocycles. The maximum atomic E-state index is 12.6. The standard InChI is InChI=1S/C21H26N4O4/c1-13(20-23-14(2)24-29-20)22-19(26)16-4-3-5-18(12-16)28-17-8-10-25(11-9-17)21(27)15-6-7-15/h3-5,12-13,15,17H,6-11H2,1-2H3,(H,22,26). The number of hydrogen-bond acceptors (Lipinski definition) is 6. The van der Waals surface area contributed by atoms with Gasteiger partial charge in [0, 0.05) is 37.4 Å². The number of amides is 2. The van der Waals surface area contributed by atoms with Crippen LogP contribution in [0.15, 0.2) is 28.8 Å². The van der Waals surface area contributed by atoms with Gasteiger partial charge in [0.1, 0.15) is 17.9 Å². The molecule has 0 radical (unpaired) electrons. The van der Waals surface area contributed by atoms with Gasteiger partial charge in [-0.25, -0.2) is 0 Å². The normalized spacial score (nSPS) is 18.3. The Bertz CT molecular complexity index is 884. The first-order chi connectivity index (χ1) is 14.0. The van der Waals surface area contributed by atoms with Gasteiger partial charge in [-0.3, -0.25) is 9.59 Å². The Hall–Kier alpha value is -2.90. The molecule has 2 aromatic rings. The van der Waals surface area contributed by atoms with Gasteiger partial charge >= 0.3 is 0 Å². The van der Waals surface area contributed by atoms with E-state index < -0.39 is 0 Å². The lowest BCUT2D eigenvalue weighted by atomic mass is 10.1. The summed E-state index contributed by atoms with van der Waals surface area (Å²) < 4.78 is 11.2. The smallest absolute Gasteiger partial charge is 0.252 e. The highest BCUT2D eigenvalue weighted by molar-refractivity contribution is 5.94. The van der Waals surface area contributed by atoms with E-state index in [1.807, 2.05) is 11.0 Å². The van der Waals surface area contributed by atoms with Crippen molar-refractivity contribution < 1.29 is 18.8 Å². The molecule has 1 unspecified atom stereocenters. The average molecular weight is 398 g/mol. The van der Waals surface area contributed by atoms with E-state index in [-0.39, 0.29) is 24.0 Å². The van der Waals surface area contributed by atoms with E-state index in [0.717, 1.165) is 38.8 Å². The van der Waals surface area contributed by atoms with Crippen LogP contribution in [-0.2, 0) is 4.79 Å². The van der Waals surface area contributed by atoms with Gasteiger partial charge in [-0.1, -0.05) is 11.2 Å². The third kappa shape index (κ3) is 4.75. The number of carbonyl (C=O) groups is 2. The summed E-state index contributed by atoms with van der Waals surface area (Å²) in [5.41, 5.74) is 0.506. The largest absolute Gasteiger partial charge is 0.490 e. The Morgan fingerprint density at radius 2 is 2.00 bits per heavy atom. The fourth-order valence-corrected chi connectivity index (χ4v) is 3.52. The van der Waals surface area contributed by atoms with Crippen LogP contribution in [0.1, 0.15) is 60.7 Å². The third-order valence-electron chi connectivity index (χ3n) is 5.34. The number of ether oxygens (including phenoxy) is 1. The lowest BCUT2D eigenvalue weighted by Crippen LogP contribution is -2.42. The van der Waals surface area contributed by atoms with Crippen LogP contribution in [0.2, 0.25) is 0 Å². The van der Waals surface area contributed by atoms with Crippen LogP contribution >= 0.6 is 0 Å². The number of rotatable bonds is 6. The van der Waals surface area contributed by atoms with E-state index in [4.69, 9.17) is 9.26 Å². The third-order valence-corrected chi connectivity index (χ3v) is 5.34. The molecule has 1 aliphatic heterocycles. The molecule has 8 heteroatoms. The molecule has 8 nitrogen and oxygen atoms in total. The van der Waals surface area contributed by atoms with Gasteiger partial charge in [0.05, 0.1) is 0 Å². The minimum Gasteiger partial charge on any atom is -0.490 e. The number of aryl methyl sites for hydroxylation is 1. The second-order valence-electron chi connectivity index (χ2n) is 7.82. The molecule has 1 aromatic carbocycles. The summed E-state index contributed by atoms with van der Waals surface area (Å²) in [6, 6.07) is 6.75. The van der Waals surface area contributed by atoms with Crippen LogP contribution in [-0.4, -0.2) is 46.0 Å². The molecule has 2 fully saturated rings. The minimum atomic E-state index is -0.387. The number of nitrogens with one attached hydrogen (secondary N) is 1. The molecule has 1 saturated heterocycles. The lowest BCUT2D eigenvalue weighted by Gasteiger charge is -2.32. The summed E-state index contributed by atoms with van der Waals surface area (Å²) in [4.78, 5) is 30.8. The topological polar surface area (TPSA) is 97.6 Å². The molecule has 154 valence electrons. The predicted molar refractivity (Wildman–Crippen MR) is 104 cm³/mol.